The molecule has 1 amide bonds. The van der Waals surface area contributed by atoms with Crippen LogP contribution in [0.25, 0.3) is 0 Å². The van der Waals surface area contributed by atoms with Gasteiger partial charge in [-0.3, -0.25) is 15.1 Å². The van der Waals surface area contributed by atoms with Crippen molar-refractivity contribution in [2.75, 3.05) is 11.4 Å². The number of halogens is 2. The van der Waals surface area contributed by atoms with E-state index in [1.807, 2.05) is 25.1 Å². The van der Waals surface area contributed by atoms with E-state index in [-0.39, 0.29) is 23.8 Å². The van der Waals surface area contributed by atoms with Crippen LogP contribution in [0.5, 0.6) is 0 Å². The van der Waals surface area contributed by atoms with Crippen LogP contribution in [0.4, 0.5) is 10.1 Å². The molecule has 2 aliphatic heterocycles. The Hall–Kier alpha value is -1.93. The van der Waals surface area contributed by atoms with E-state index < -0.39 is 0 Å². The van der Waals surface area contributed by atoms with E-state index in [1.165, 1.54) is 23.9 Å². The number of carbonyl (C=O) groups is 1. The number of aliphatic imine (C=N–C) groups is 1. The summed E-state index contributed by atoms with van der Waals surface area (Å²) in [7, 11) is 0. The standard InChI is InChI=1S/C19H18ClFN4OS/c1-11-15(20)6-3-7-16(11)25-18(26)14-9-22-24-17(14)23-19(25)27-10-12-4-2-5-13(21)8-12/h2-8,14,17,22,24H,9-10H2,1H3. The van der Waals surface area contributed by atoms with Gasteiger partial charge >= 0.3 is 0 Å². The molecule has 2 atom stereocenters. The monoisotopic (exact) mass is 404 g/mol. The Kier molecular flexibility index (Phi) is 5.19. The van der Waals surface area contributed by atoms with Crippen LogP contribution >= 0.6 is 23.4 Å². The van der Waals surface area contributed by atoms with E-state index in [4.69, 9.17) is 16.6 Å². The Labute approximate surface area is 166 Å². The summed E-state index contributed by atoms with van der Waals surface area (Å²) in [4.78, 5) is 19.6. The number of amidine groups is 1. The minimum Gasteiger partial charge on any atom is -0.274 e. The Morgan fingerprint density at radius 3 is 2.96 bits per heavy atom. The molecule has 0 aromatic heterocycles. The lowest BCUT2D eigenvalue weighted by Gasteiger charge is -2.33. The normalized spacial score (nSPS) is 22.0. The van der Waals surface area contributed by atoms with Crippen molar-refractivity contribution in [3.8, 4) is 0 Å². The van der Waals surface area contributed by atoms with E-state index >= 15 is 0 Å². The van der Waals surface area contributed by atoms with E-state index in [0.717, 1.165) is 16.8 Å². The second-order valence-electron chi connectivity index (χ2n) is 6.46. The van der Waals surface area contributed by atoms with Crippen LogP contribution in [-0.4, -0.2) is 23.8 Å². The first-order chi connectivity index (χ1) is 13.0. The average Bonchev–Trinajstić information content (AvgIpc) is 3.12. The molecule has 8 heteroatoms. The molecule has 27 heavy (non-hydrogen) atoms. The fourth-order valence-electron chi connectivity index (χ4n) is 3.20. The predicted molar refractivity (Wildman–Crippen MR) is 107 cm³/mol. The molecule has 1 saturated heterocycles. The molecule has 2 aliphatic rings. The van der Waals surface area contributed by atoms with Crippen molar-refractivity contribution in [1.29, 1.82) is 0 Å². The van der Waals surface area contributed by atoms with Crippen LogP contribution in [0.1, 0.15) is 11.1 Å². The number of carbonyl (C=O) groups excluding carboxylic acids is 1. The highest BCUT2D eigenvalue weighted by molar-refractivity contribution is 8.13. The van der Waals surface area contributed by atoms with Crippen molar-refractivity contribution in [1.82, 2.24) is 10.9 Å². The molecule has 2 heterocycles. The molecular formula is C19H18ClFN4OS. The van der Waals surface area contributed by atoms with Crippen LogP contribution < -0.4 is 15.8 Å². The molecule has 0 aliphatic carbocycles. The molecule has 0 radical (unpaired) electrons. The van der Waals surface area contributed by atoms with Gasteiger partial charge in [0.05, 0.1) is 11.6 Å². The summed E-state index contributed by atoms with van der Waals surface area (Å²) in [5.41, 5.74) is 8.42. The van der Waals surface area contributed by atoms with Crippen molar-refractivity contribution >= 4 is 40.1 Å². The number of benzene rings is 2. The summed E-state index contributed by atoms with van der Waals surface area (Å²) in [5.74, 6) is -0.0781. The quantitative estimate of drug-likeness (QED) is 0.822. The Bertz CT molecular complexity index is 922. The molecule has 4 rings (SSSR count). The fraction of sp³-hybridized carbons (Fsp3) is 0.263. The summed E-state index contributed by atoms with van der Waals surface area (Å²) >= 11 is 7.69. The van der Waals surface area contributed by atoms with Crippen LogP contribution in [-0.2, 0) is 10.5 Å². The molecular weight excluding hydrogens is 387 g/mol. The lowest BCUT2D eigenvalue weighted by atomic mass is 10.0. The molecule has 0 saturated carbocycles. The highest BCUT2D eigenvalue weighted by atomic mass is 35.5. The number of hydrogen-bond donors (Lipinski definition) is 2. The average molecular weight is 405 g/mol. The van der Waals surface area contributed by atoms with Crippen LogP contribution in [0, 0.1) is 18.7 Å². The zero-order valence-corrected chi connectivity index (χ0v) is 16.1. The Balaban J connectivity index is 1.68. The highest BCUT2D eigenvalue weighted by Crippen LogP contribution is 2.34. The first-order valence-corrected chi connectivity index (χ1v) is 9.93. The summed E-state index contributed by atoms with van der Waals surface area (Å²) in [6.07, 6.45) is -0.303. The third-order valence-electron chi connectivity index (χ3n) is 4.67. The number of amides is 1. The van der Waals surface area contributed by atoms with Crippen LogP contribution in [0.15, 0.2) is 47.5 Å². The molecule has 140 valence electrons. The maximum absolute atomic E-state index is 13.5. The highest BCUT2D eigenvalue weighted by Gasteiger charge is 2.42. The second-order valence-corrected chi connectivity index (χ2v) is 7.81. The fourth-order valence-corrected chi connectivity index (χ4v) is 4.35. The zero-order chi connectivity index (χ0) is 19.0. The Morgan fingerprint density at radius 2 is 2.15 bits per heavy atom. The molecule has 0 bridgehead atoms. The minimum absolute atomic E-state index is 0.0281. The maximum Gasteiger partial charge on any atom is 0.241 e. The molecule has 2 N–H and O–H groups in total. The van der Waals surface area contributed by atoms with Gasteiger partial charge in [0.2, 0.25) is 5.91 Å². The van der Waals surface area contributed by atoms with E-state index in [0.29, 0.717) is 22.5 Å². The Morgan fingerprint density at radius 1 is 1.33 bits per heavy atom. The summed E-state index contributed by atoms with van der Waals surface area (Å²) < 4.78 is 13.5. The summed E-state index contributed by atoms with van der Waals surface area (Å²) in [6.45, 7) is 2.40. The number of rotatable bonds is 3. The van der Waals surface area contributed by atoms with E-state index in [1.54, 1.807) is 17.0 Å². The largest absolute Gasteiger partial charge is 0.274 e. The van der Waals surface area contributed by atoms with Gasteiger partial charge in [0.25, 0.3) is 0 Å². The smallest absolute Gasteiger partial charge is 0.241 e. The predicted octanol–water partition coefficient (Wildman–Crippen LogP) is 3.47. The molecule has 2 unspecified atom stereocenters. The van der Waals surface area contributed by atoms with Crippen LogP contribution in [0.2, 0.25) is 5.02 Å². The third-order valence-corrected chi connectivity index (χ3v) is 6.10. The van der Waals surface area contributed by atoms with Gasteiger partial charge in [0.1, 0.15) is 12.0 Å². The van der Waals surface area contributed by atoms with Crippen molar-refractivity contribution < 1.29 is 9.18 Å². The zero-order valence-electron chi connectivity index (χ0n) is 14.6. The number of nitrogens with zero attached hydrogens (tertiary/aromatic N) is 2. The van der Waals surface area contributed by atoms with Gasteiger partial charge in [-0.1, -0.05) is 41.6 Å². The molecule has 2 aromatic carbocycles. The number of thioether (sulfide) groups is 1. The number of fused-ring (bicyclic) bond motifs is 1. The van der Waals surface area contributed by atoms with Gasteiger partial charge in [0, 0.05) is 17.3 Å². The first kappa shape index (κ1) is 18.4. The third kappa shape index (κ3) is 3.60. The summed E-state index contributed by atoms with van der Waals surface area (Å²) in [6, 6.07) is 11.9. The van der Waals surface area contributed by atoms with Gasteiger partial charge in [-0.15, -0.1) is 0 Å². The summed E-state index contributed by atoms with van der Waals surface area (Å²) in [5, 5.41) is 1.17. The maximum atomic E-state index is 13.5. The first-order valence-electron chi connectivity index (χ1n) is 8.57. The topological polar surface area (TPSA) is 56.7 Å². The molecule has 5 nitrogen and oxygen atoms in total. The number of hydrogen-bond acceptors (Lipinski definition) is 5. The van der Waals surface area contributed by atoms with Crippen molar-refractivity contribution in [2.45, 2.75) is 18.8 Å². The molecule has 0 spiro atoms. The van der Waals surface area contributed by atoms with Crippen LogP contribution in [0.3, 0.4) is 0 Å². The van der Waals surface area contributed by atoms with Gasteiger partial charge in [0.15, 0.2) is 5.17 Å². The van der Waals surface area contributed by atoms with Crippen molar-refractivity contribution in [3.05, 3.63) is 64.4 Å². The van der Waals surface area contributed by atoms with Gasteiger partial charge < -0.3 is 0 Å². The van der Waals surface area contributed by atoms with Gasteiger partial charge in [-0.05, 0) is 42.3 Å². The van der Waals surface area contributed by atoms with E-state index in [2.05, 4.69) is 10.9 Å². The number of hydrazine groups is 1. The lowest BCUT2D eigenvalue weighted by Crippen LogP contribution is -2.49. The number of nitrogens with one attached hydrogen (secondary N) is 2. The molecule has 2 aromatic rings. The molecule has 1 fully saturated rings. The minimum atomic E-state index is -0.303. The van der Waals surface area contributed by atoms with Gasteiger partial charge in [-0.2, -0.15) is 0 Å². The van der Waals surface area contributed by atoms with Crippen molar-refractivity contribution in [2.24, 2.45) is 10.9 Å². The second kappa shape index (κ2) is 7.59. The van der Waals surface area contributed by atoms with E-state index in [9.17, 15) is 9.18 Å². The number of anilines is 1. The lowest BCUT2D eigenvalue weighted by molar-refractivity contribution is -0.121. The van der Waals surface area contributed by atoms with Gasteiger partial charge in [-0.25, -0.2) is 14.8 Å². The SMILES string of the molecule is Cc1c(Cl)cccc1N1C(=O)C2CNNC2N=C1SCc1cccc(F)c1. The van der Waals surface area contributed by atoms with Crippen molar-refractivity contribution in [3.63, 3.8) is 0 Å².